The number of methoxy groups -OCH3 is 1. The molecule has 5 nitrogen and oxygen atoms in total. The number of rotatable bonds is 9. The Morgan fingerprint density at radius 3 is 2.16 bits per heavy atom. The smallest absolute Gasteiger partial charge is 0.325 e. The summed E-state index contributed by atoms with van der Waals surface area (Å²) in [5.41, 5.74) is 4.80. The van der Waals surface area contributed by atoms with Gasteiger partial charge in [0.1, 0.15) is 18.0 Å². The lowest BCUT2D eigenvalue weighted by molar-refractivity contribution is -0.141. The fourth-order valence-corrected chi connectivity index (χ4v) is 5.23. The molecule has 0 radical (unpaired) electrons. The molecule has 4 aromatic rings. The lowest BCUT2D eigenvalue weighted by Gasteiger charge is -2.25. The van der Waals surface area contributed by atoms with Crippen LogP contribution in [-0.2, 0) is 9.53 Å². The van der Waals surface area contributed by atoms with Gasteiger partial charge in [-0.25, -0.2) is 0 Å². The van der Waals surface area contributed by atoms with Crippen molar-refractivity contribution < 1.29 is 19.0 Å². The molecule has 0 heterocycles. The quantitative estimate of drug-likeness (QED) is 0.174. The molecule has 37 heavy (non-hydrogen) atoms. The van der Waals surface area contributed by atoms with Crippen molar-refractivity contribution in [3.05, 3.63) is 99.4 Å². The summed E-state index contributed by atoms with van der Waals surface area (Å²) < 4.78 is 18.6. The first-order valence-corrected chi connectivity index (χ1v) is 13.4. The molecule has 0 aliphatic heterocycles. The normalized spacial score (nSPS) is 10.6. The van der Waals surface area contributed by atoms with Crippen molar-refractivity contribution in [1.29, 1.82) is 0 Å². The minimum Gasteiger partial charge on any atom is -0.496 e. The summed E-state index contributed by atoms with van der Waals surface area (Å²) in [4.78, 5) is 14.3. The molecular weight excluding hydrogens is 598 g/mol. The average molecular weight is 625 g/mol. The first-order valence-electron chi connectivity index (χ1n) is 11.8. The van der Waals surface area contributed by atoms with Crippen LogP contribution in [0.2, 0.25) is 0 Å². The summed E-state index contributed by atoms with van der Waals surface area (Å²) in [5, 5.41) is 0. The highest BCUT2D eigenvalue weighted by Crippen LogP contribution is 2.43. The molecule has 0 amide bonds. The molecular formula is C30H27Br2NO4. The molecule has 0 aliphatic carbocycles. The highest BCUT2D eigenvalue weighted by Gasteiger charge is 2.19. The number of ether oxygens (including phenoxy) is 3. The second-order valence-corrected chi connectivity index (χ2v) is 10.0. The van der Waals surface area contributed by atoms with Crippen LogP contribution >= 0.6 is 31.9 Å². The van der Waals surface area contributed by atoms with Gasteiger partial charge in [-0.3, -0.25) is 4.79 Å². The van der Waals surface area contributed by atoms with Crippen LogP contribution < -0.4 is 14.4 Å². The zero-order valence-corrected chi connectivity index (χ0v) is 24.0. The Kier molecular flexibility index (Phi) is 8.90. The zero-order chi connectivity index (χ0) is 26.4. The molecule has 0 aliphatic rings. The number of esters is 1. The van der Waals surface area contributed by atoms with E-state index in [2.05, 4.69) is 31.9 Å². The van der Waals surface area contributed by atoms with Crippen LogP contribution in [0.4, 0.5) is 11.4 Å². The summed E-state index contributed by atoms with van der Waals surface area (Å²) >= 11 is 7.35. The third kappa shape index (κ3) is 6.53. The van der Waals surface area contributed by atoms with Crippen LogP contribution in [-0.4, -0.2) is 26.2 Å². The number of carbonyl (C=O) groups excluding carboxylic acids is 1. The van der Waals surface area contributed by atoms with Gasteiger partial charge in [0.2, 0.25) is 0 Å². The van der Waals surface area contributed by atoms with E-state index in [0.717, 1.165) is 42.8 Å². The van der Waals surface area contributed by atoms with Gasteiger partial charge in [0, 0.05) is 16.9 Å². The van der Waals surface area contributed by atoms with E-state index in [1.165, 1.54) is 0 Å². The molecule has 190 valence electrons. The molecule has 0 spiro atoms. The van der Waals surface area contributed by atoms with Gasteiger partial charge in [0.15, 0.2) is 5.75 Å². The van der Waals surface area contributed by atoms with E-state index < -0.39 is 0 Å². The maximum absolute atomic E-state index is 12.4. The van der Waals surface area contributed by atoms with E-state index in [1.54, 1.807) is 14.0 Å². The van der Waals surface area contributed by atoms with Crippen molar-refractivity contribution >= 4 is 49.2 Å². The molecule has 0 aromatic heterocycles. The van der Waals surface area contributed by atoms with E-state index in [9.17, 15) is 4.79 Å². The Labute approximate surface area is 234 Å². The topological polar surface area (TPSA) is 48.0 Å². The number of hydrogen-bond donors (Lipinski definition) is 0. The van der Waals surface area contributed by atoms with E-state index in [0.29, 0.717) is 18.1 Å². The number of anilines is 2. The monoisotopic (exact) mass is 623 g/mol. The first kappa shape index (κ1) is 26.8. The Morgan fingerprint density at radius 2 is 1.54 bits per heavy atom. The molecule has 0 atom stereocenters. The van der Waals surface area contributed by atoms with Crippen LogP contribution in [0.25, 0.3) is 11.1 Å². The molecule has 0 unspecified atom stereocenters. The van der Waals surface area contributed by atoms with Gasteiger partial charge in [0.25, 0.3) is 0 Å². The largest absolute Gasteiger partial charge is 0.496 e. The highest BCUT2D eigenvalue weighted by atomic mass is 79.9. The first-order chi connectivity index (χ1) is 17.9. The number of nitrogens with zero attached hydrogens (tertiary/aromatic N) is 1. The number of halogens is 2. The summed E-state index contributed by atoms with van der Waals surface area (Å²) in [7, 11) is 1.66. The Hall–Kier alpha value is -3.29. The van der Waals surface area contributed by atoms with Crippen LogP contribution in [0.5, 0.6) is 17.2 Å². The van der Waals surface area contributed by atoms with E-state index >= 15 is 0 Å². The average Bonchev–Trinajstić information content (AvgIpc) is 2.90. The Balaban J connectivity index is 1.68. The third-order valence-electron chi connectivity index (χ3n) is 5.71. The van der Waals surface area contributed by atoms with Crippen LogP contribution in [0, 0.1) is 6.92 Å². The predicted molar refractivity (Wildman–Crippen MR) is 155 cm³/mol. The van der Waals surface area contributed by atoms with E-state index in [1.807, 2.05) is 96.8 Å². The lowest BCUT2D eigenvalue weighted by atomic mass is 10.0. The van der Waals surface area contributed by atoms with Gasteiger partial charge in [-0.2, -0.15) is 0 Å². The van der Waals surface area contributed by atoms with Gasteiger partial charge >= 0.3 is 5.97 Å². The second kappa shape index (κ2) is 12.3. The Bertz CT molecular complexity index is 1350. The molecule has 0 N–H and O–H groups in total. The van der Waals surface area contributed by atoms with Crippen molar-refractivity contribution in [2.45, 2.75) is 13.8 Å². The number of carbonyl (C=O) groups is 1. The molecule has 4 aromatic carbocycles. The summed E-state index contributed by atoms with van der Waals surface area (Å²) in [6, 6.07) is 27.6. The van der Waals surface area contributed by atoms with Gasteiger partial charge in [-0.05, 0) is 93.7 Å². The maximum Gasteiger partial charge on any atom is 0.325 e. The predicted octanol–water partition coefficient (Wildman–Crippen LogP) is 8.69. The number of aryl methyl sites for hydroxylation is 1. The van der Waals surface area contributed by atoms with Gasteiger partial charge < -0.3 is 19.1 Å². The molecule has 0 saturated heterocycles. The van der Waals surface area contributed by atoms with Crippen molar-refractivity contribution in [3.63, 3.8) is 0 Å². The zero-order valence-electron chi connectivity index (χ0n) is 20.8. The van der Waals surface area contributed by atoms with Crippen LogP contribution in [0.15, 0.2) is 93.9 Å². The second-order valence-electron chi connectivity index (χ2n) is 8.30. The maximum atomic E-state index is 12.4. The highest BCUT2D eigenvalue weighted by molar-refractivity contribution is 9.11. The molecule has 0 fully saturated rings. The SMILES string of the molecule is CCOC(=O)CN(c1ccc(C)cc1)c1cc(Br)c(Oc2ccc(OC)c(-c3ccccc3)c2)c(Br)c1. The minimum atomic E-state index is -0.303. The number of hydrogen-bond acceptors (Lipinski definition) is 5. The standard InChI is InChI=1S/C30H27Br2NO4/c1-4-36-29(34)19-33(22-12-10-20(2)11-13-22)23-16-26(31)30(27(32)17-23)37-24-14-15-28(35-3)25(18-24)21-8-6-5-7-9-21/h5-18H,4,19H2,1-3H3. The van der Waals surface area contributed by atoms with E-state index in [4.69, 9.17) is 14.2 Å². The van der Waals surface area contributed by atoms with Crippen molar-refractivity contribution in [2.75, 3.05) is 25.2 Å². The van der Waals surface area contributed by atoms with Crippen LogP contribution in [0.1, 0.15) is 12.5 Å². The van der Waals surface area contributed by atoms with Crippen molar-refractivity contribution in [1.82, 2.24) is 0 Å². The van der Waals surface area contributed by atoms with Crippen molar-refractivity contribution in [2.24, 2.45) is 0 Å². The van der Waals surface area contributed by atoms with E-state index in [-0.39, 0.29) is 12.5 Å². The molecule has 0 bridgehead atoms. The molecule has 0 saturated carbocycles. The van der Waals surface area contributed by atoms with Gasteiger partial charge in [-0.1, -0.05) is 48.0 Å². The fraction of sp³-hybridized carbons (Fsp3) is 0.167. The van der Waals surface area contributed by atoms with Crippen LogP contribution in [0.3, 0.4) is 0 Å². The summed E-state index contributed by atoms with van der Waals surface area (Å²) in [6.07, 6.45) is 0. The fourth-order valence-electron chi connectivity index (χ4n) is 3.90. The summed E-state index contributed by atoms with van der Waals surface area (Å²) in [5.74, 6) is 1.74. The lowest BCUT2D eigenvalue weighted by Crippen LogP contribution is -2.27. The minimum absolute atomic E-state index is 0.0783. The third-order valence-corrected chi connectivity index (χ3v) is 6.89. The molecule has 4 rings (SSSR count). The Morgan fingerprint density at radius 1 is 0.865 bits per heavy atom. The summed E-state index contributed by atoms with van der Waals surface area (Å²) in [6.45, 7) is 4.24. The molecule has 7 heteroatoms. The van der Waals surface area contributed by atoms with Gasteiger partial charge in [0.05, 0.1) is 22.7 Å². The van der Waals surface area contributed by atoms with Crippen molar-refractivity contribution in [3.8, 4) is 28.4 Å². The number of benzene rings is 4. The van der Waals surface area contributed by atoms with Gasteiger partial charge in [-0.15, -0.1) is 0 Å².